The fourth-order valence-electron chi connectivity index (χ4n) is 2.78. The lowest BCUT2D eigenvalue weighted by Gasteiger charge is -2.26. The number of hydrogen-bond acceptors (Lipinski definition) is 2. The summed E-state index contributed by atoms with van der Waals surface area (Å²) in [5.74, 6) is 1.08. The molecule has 1 aromatic heterocycles. The van der Waals surface area contributed by atoms with Crippen molar-refractivity contribution in [2.45, 2.75) is 52.5 Å². The van der Waals surface area contributed by atoms with Crippen LogP contribution in [-0.4, -0.2) is 12.6 Å². The average Bonchev–Trinajstić information content (AvgIpc) is 2.72. The van der Waals surface area contributed by atoms with Gasteiger partial charge in [-0.25, -0.2) is 0 Å². The largest absolute Gasteiger partial charge is 0.461 e. The van der Waals surface area contributed by atoms with Crippen molar-refractivity contribution in [1.82, 2.24) is 5.32 Å². The zero-order valence-corrected chi connectivity index (χ0v) is 12.7. The lowest BCUT2D eigenvalue weighted by atomic mass is 9.83. The Kier molecular flexibility index (Phi) is 4.00. The van der Waals surface area contributed by atoms with Gasteiger partial charge in [0, 0.05) is 16.8 Å². The molecule has 0 aliphatic rings. The topological polar surface area (TPSA) is 25.2 Å². The average molecular weight is 259 g/mol. The molecule has 1 unspecified atom stereocenters. The van der Waals surface area contributed by atoms with E-state index in [0.29, 0.717) is 6.04 Å². The van der Waals surface area contributed by atoms with Crippen molar-refractivity contribution in [3.63, 3.8) is 0 Å². The number of aryl methyl sites for hydroxylation is 1. The predicted octanol–water partition coefficient (Wildman–Crippen LogP) is 4.41. The van der Waals surface area contributed by atoms with E-state index in [1.54, 1.807) is 0 Å². The van der Waals surface area contributed by atoms with Gasteiger partial charge < -0.3 is 9.73 Å². The van der Waals surface area contributed by atoms with Gasteiger partial charge in [-0.15, -0.1) is 0 Å². The van der Waals surface area contributed by atoms with Crippen LogP contribution < -0.4 is 5.32 Å². The van der Waals surface area contributed by atoms with Gasteiger partial charge in [0.15, 0.2) is 0 Å². The summed E-state index contributed by atoms with van der Waals surface area (Å²) in [5.41, 5.74) is 2.32. The fourth-order valence-corrected chi connectivity index (χ4v) is 2.78. The van der Waals surface area contributed by atoms with E-state index in [-0.39, 0.29) is 5.41 Å². The summed E-state index contributed by atoms with van der Waals surface area (Å²) in [5, 5.41) is 4.68. The first kappa shape index (κ1) is 14.1. The van der Waals surface area contributed by atoms with Crippen LogP contribution in [0.4, 0.5) is 0 Å². The molecular formula is C17H25NO. The molecule has 2 rings (SSSR count). The molecule has 2 nitrogen and oxygen atoms in total. The fraction of sp³-hybridized carbons (Fsp3) is 0.529. The minimum Gasteiger partial charge on any atom is -0.461 e. The molecule has 1 atom stereocenters. The first-order chi connectivity index (χ1) is 8.92. The summed E-state index contributed by atoms with van der Waals surface area (Å²) in [6.07, 6.45) is 1.07. The monoisotopic (exact) mass is 259 g/mol. The molecule has 0 fully saturated rings. The van der Waals surface area contributed by atoms with E-state index < -0.39 is 0 Å². The van der Waals surface area contributed by atoms with Gasteiger partial charge >= 0.3 is 0 Å². The maximum absolute atomic E-state index is 6.04. The van der Waals surface area contributed by atoms with Gasteiger partial charge in [-0.1, -0.05) is 32.4 Å². The number of rotatable bonds is 5. The number of fused-ring (bicyclic) bond motifs is 1. The molecule has 19 heavy (non-hydrogen) atoms. The molecule has 104 valence electrons. The zero-order valence-electron chi connectivity index (χ0n) is 12.7. The highest BCUT2D eigenvalue weighted by Gasteiger charge is 2.27. The van der Waals surface area contributed by atoms with Crippen molar-refractivity contribution in [2.24, 2.45) is 0 Å². The van der Waals surface area contributed by atoms with Crippen LogP contribution in [0.25, 0.3) is 11.0 Å². The molecule has 2 heteroatoms. The highest BCUT2D eigenvalue weighted by molar-refractivity contribution is 5.78. The maximum atomic E-state index is 6.04. The molecule has 2 aromatic rings. The predicted molar refractivity (Wildman–Crippen MR) is 81.7 cm³/mol. The smallest absolute Gasteiger partial charge is 0.134 e. The normalized spacial score (nSPS) is 13.9. The summed E-state index contributed by atoms with van der Waals surface area (Å²) in [6, 6.07) is 9.05. The van der Waals surface area contributed by atoms with Crippen molar-refractivity contribution in [3.05, 3.63) is 35.6 Å². The highest BCUT2D eigenvalue weighted by Crippen LogP contribution is 2.33. The first-order valence-electron chi connectivity index (χ1n) is 7.16. The van der Waals surface area contributed by atoms with Crippen LogP contribution in [0.3, 0.4) is 0 Å². The minimum atomic E-state index is 0.0501. The van der Waals surface area contributed by atoms with Crippen LogP contribution in [0.15, 0.2) is 28.7 Å². The summed E-state index contributed by atoms with van der Waals surface area (Å²) in [4.78, 5) is 0. The Hall–Kier alpha value is -1.28. The number of nitrogens with one attached hydrogen (secondary N) is 1. The Morgan fingerprint density at radius 3 is 2.68 bits per heavy atom. The molecule has 1 aromatic carbocycles. The van der Waals surface area contributed by atoms with Gasteiger partial charge in [0.1, 0.15) is 11.3 Å². The minimum absolute atomic E-state index is 0.0501. The van der Waals surface area contributed by atoms with Crippen molar-refractivity contribution < 1.29 is 4.42 Å². The van der Waals surface area contributed by atoms with Gasteiger partial charge in [0.2, 0.25) is 0 Å². The zero-order chi connectivity index (χ0) is 14.0. The van der Waals surface area contributed by atoms with E-state index >= 15 is 0 Å². The van der Waals surface area contributed by atoms with Crippen LogP contribution in [0.5, 0.6) is 0 Å². The third-order valence-electron chi connectivity index (χ3n) is 3.71. The van der Waals surface area contributed by atoms with Crippen molar-refractivity contribution in [2.75, 3.05) is 6.54 Å². The van der Waals surface area contributed by atoms with Crippen LogP contribution in [0.2, 0.25) is 0 Å². The molecule has 0 aliphatic heterocycles. The van der Waals surface area contributed by atoms with Crippen LogP contribution in [0, 0.1) is 6.92 Å². The van der Waals surface area contributed by atoms with Crippen molar-refractivity contribution in [1.29, 1.82) is 0 Å². The molecule has 0 radical (unpaired) electrons. The van der Waals surface area contributed by atoms with Crippen molar-refractivity contribution in [3.8, 4) is 0 Å². The number of furan rings is 1. The third kappa shape index (κ3) is 3.19. The highest BCUT2D eigenvalue weighted by atomic mass is 16.3. The Bertz CT molecular complexity index is 553. The van der Waals surface area contributed by atoms with Crippen LogP contribution >= 0.6 is 0 Å². The third-order valence-corrected chi connectivity index (χ3v) is 3.71. The second-order valence-electron chi connectivity index (χ2n) is 6.20. The van der Waals surface area contributed by atoms with E-state index in [1.165, 1.54) is 10.9 Å². The van der Waals surface area contributed by atoms with Gasteiger partial charge in [-0.2, -0.15) is 0 Å². The lowest BCUT2D eigenvalue weighted by molar-refractivity contribution is 0.336. The van der Waals surface area contributed by atoms with E-state index in [9.17, 15) is 0 Å². The molecule has 0 spiro atoms. The van der Waals surface area contributed by atoms with E-state index in [4.69, 9.17) is 4.42 Å². The summed E-state index contributed by atoms with van der Waals surface area (Å²) < 4.78 is 6.04. The van der Waals surface area contributed by atoms with Gasteiger partial charge in [-0.3, -0.25) is 0 Å². The van der Waals surface area contributed by atoms with Crippen LogP contribution in [-0.2, 0) is 5.41 Å². The maximum Gasteiger partial charge on any atom is 0.134 e. The van der Waals surface area contributed by atoms with Gasteiger partial charge in [0.05, 0.1) is 0 Å². The number of hydrogen-bond donors (Lipinski definition) is 1. The summed E-state index contributed by atoms with van der Waals surface area (Å²) in [6.45, 7) is 12.0. The van der Waals surface area contributed by atoms with Gasteiger partial charge in [-0.05, 0) is 45.0 Å². The second kappa shape index (κ2) is 5.38. The number of benzene rings is 1. The van der Waals surface area contributed by atoms with E-state index in [2.05, 4.69) is 64.2 Å². The van der Waals surface area contributed by atoms with Crippen LogP contribution in [0.1, 0.15) is 45.4 Å². The molecule has 0 saturated carbocycles. The quantitative estimate of drug-likeness (QED) is 0.860. The second-order valence-corrected chi connectivity index (χ2v) is 6.20. The molecule has 0 saturated heterocycles. The summed E-state index contributed by atoms with van der Waals surface area (Å²) in [7, 11) is 0. The molecule has 0 amide bonds. The molecular weight excluding hydrogens is 234 g/mol. The summed E-state index contributed by atoms with van der Waals surface area (Å²) >= 11 is 0. The molecule has 0 aliphatic carbocycles. The lowest BCUT2D eigenvalue weighted by Crippen LogP contribution is -2.32. The first-order valence-corrected chi connectivity index (χ1v) is 7.16. The standard InChI is InChI=1S/C17H25NO/c1-6-18-13(3)11-17(4,5)16-10-14-9-12(2)7-8-15(14)19-16/h7-10,13,18H,6,11H2,1-5H3. The van der Waals surface area contributed by atoms with Crippen molar-refractivity contribution >= 4 is 11.0 Å². The Morgan fingerprint density at radius 1 is 1.26 bits per heavy atom. The van der Waals surface area contributed by atoms with E-state index in [1.807, 2.05) is 0 Å². The van der Waals surface area contributed by atoms with E-state index in [0.717, 1.165) is 24.3 Å². The Balaban J connectivity index is 2.26. The Morgan fingerprint density at radius 2 is 2.00 bits per heavy atom. The molecule has 0 bridgehead atoms. The SMILES string of the molecule is CCNC(C)CC(C)(C)c1cc2cc(C)ccc2o1. The van der Waals surface area contributed by atoms with Gasteiger partial charge in [0.25, 0.3) is 0 Å². The molecule has 1 heterocycles. The Labute approximate surface area is 116 Å². The molecule has 1 N–H and O–H groups in total.